The number of hydrogen-bond acceptors (Lipinski definition) is 4. The van der Waals surface area contributed by atoms with Gasteiger partial charge in [-0.15, -0.1) is 0 Å². The van der Waals surface area contributed by atoms with E-state index in [4.69, 9.17) is 5.73 Å². The summed E-state index contributed by atoms with van der Waals surface area (Å²) >= 11 is 0. The molecule has 4 nitrogen and oxygen atoms in total. The number of rotatable bonds is 4. The number of anilines is 1. The van der Waals surface area contributed by atoms with Crippen molar-refractivity contribution in [3.8, 4) is 0 Å². The standard InChI is InChI=1S/C15H20N4/c1-4-17-14(12-6-5-7-18-15(12)16)13-11(3)8-10(2)9-19-13/h5-9,14,17H,4H2,1-3H3,(H2,16,18). The lowest BCUT2D eigenvalue weighted by Crippen LogP contribution is -2.25. The van der Waals surface area contributed by atoms with Crippen molar-refractivity contribution in [1.29, 1.82) is 0 Å². The van der Waals surface area contributed by atoms with Gasteiger partial charge in [0.25, 0.3) is 0 Å². The van der Waals surface area contributed by atoms with E-state index in [2.05, 4.69) is 35.2 Å². The maximum atomic E-state index is 5.99. The molecular formula is C15H20N4. The van der Waals surface area contributed by atoms with E-state index >= 15 is 0 Å². The van der Waals surface area contributed by atoms with Crippen LogP contribution in [0.3, 0.4) is 0 Å². The number of hydrogen-bond donors (Lipinski definition) is 2. The van der Waals surface area contributed by atoms with Gasteiger partial charge < -0.3 is 11.1 Å². The Labute approximate surface area is 114 Å². The fraction of sp³-hybridized carbons (Fsp3) is 0.333. The molecule has 0 amide bonds. The Morgan fingerprint density at radius 3 is 2.74 bits per heavy atom. The zero-order valence-corrected chi connectivity index (χ0v) is 11.6. The number of aromatic nitrogens is 2. The van der Waals surface area contributed by atoms with Crippen molar-refractivity contribution in [2.75, 3.05) is 12.3 Å². The summed E-state index contributed by atoms with van der Waals surface area (Å²) in [5.41, 5.74) is 10.3. The Morgan fingerprint density at radius 1 is 1.32 bits per heavy atom. The Bertz CT molecular complexity index is 566. The molecule has 0 radical (unpaired) electrons. The van der Waals surface area contributed by atoms with Crippen LogP contribution in [0.1, 0.15) is 35.3 Å². The molecule has 2 aromatic heterocycles. The van der Waals surface area contributed by atoms with Crippen LogP contribution in [0, 0.1) is 13.8 Å². The van der Waals surface area contributed by atoms with E-state index in [9.17, 15) is 0 Å². The van der Waals surface area contributed by atoms with Gasteiger partial charge in [-0.05, 0) is 37.6 Å². The van der Waals surface area contributed by atoms with Crippen LogP contribution in [0.25, 0.3) is 0 Å². The molecule has 100 valence electrons. The Balaban J connectivity index is 2.48. The molecule has 0 saturated carbocycles. The van der Waals surface area contributed by atoms with E-state index in [0.29, 0.717) is 5.82 Å². The molecule has 0 spiro atoms. The molecule has 0 saturated heterocycles. The molecular weight excluding hydrogens is 236 g/mol. The van der Waals surface area contributed by atoms with Crippen LogP contribution in [0.15, 0.2) is 30.6 Å². The molecule has 2 aromatic rings. The second-order valence-corrected chi connectivity index (χ2v) is 4.68. The molecule has 3 N–H and O–H groups in total. The average Bonchev–Trinajstić information content (AvgIpc) is 2.38. The highest BCUT2D eigenvalue weighted by molar-refractivity contribution is 5.45. The Kier molecular flexibility index (Phi) is 4.12. The summed E-state index contributed by atoms with van der Waals surface area (Å²) in [5, 5.41) is 3.43. The fourth-order valence-corrected chi connectivity index (χ4v) is 2.26. The maximum absolute atomic E-state index is 5.99. The number of pyridine rings is 2. The molecule has 2 rings (SSSR count). The predicted octanol–water partition coefficient (Wildman–Crippen LogP) is 2.37. The highest BCUT2D eigenvalue weighted by Crippen LogP contribution is 2.26. The topological polar surface area (TPSA) is 63.8 Å². The summed E-state index contributed by atoms with van der Waals surface area (Å²) in [6.07, 6.45) is 3.59. The minimum atomic E-state index is -0.0145. The Hall–Kier alpha value is -1.94. The largest absolute Gasteiger partial charge is 0.383 e. The van der Waals surface area contributed by atoms with Crippen molar-refractivity contribution < 1.29 is 0 Å². The van der Waals surface area contributed by atoms with Crippen LogP contribution in [-0.2, 0) is 0 Å². The quantitative estimate of drug-likeness (QED) is 0.881. The highest BCUT2D eigenvalue weighted by Gasteiger charge is 2.19. The van der Waals surface area contributed by atoms with Crippen LogP contribution in [0.2, 0.25) is 0 Å². The van der Waals surface area contributed by atoms with E-state index in [0.717, 1.165) is 28.9 Å². The molecule has 0 aliphatic carbocycles. The van der Waals surface area contributed by atoms with Gasteiger partial charge >= 0.3 is 0 Å². The maximum Gasteiger partial charge on any atom is 0.128 e. The zero-order valence-electron chi connectivity index (χ0n) is 11.6. The molecule has 4 heteroatoms. The SMILES string of the molecule is CCNC(c1cccnc1N)c1ncc(C)cc1C. The summed E-state index contributed by atoms with van der Waals surface area (Å²) in [4.78, 5) is 8.73. The molecule has 0 bridgehead atoms. The number of aryl methyl sites for hydroxylation is 2. The van der Waals surface area contributed by atoms with Gasteiger partial charge in [0.15, 0.2) is 0 Å². The third-order valence-electron chi connectivity index (χ3n) is 3.12. The molecule has 0 fully saturated rings. The monoisotopic (exact) mass is 256 g/mol. The van der Waals surface area contributed by atoms with Gasteiger partial charge in [0, 0.05) is 18.0 Å². The van der Waals surface area contributed by atoms with E-state index in [1.807, 2.05) is 25.3 Å². The number of nitrogens with zero attached hydrogens (tertiary/aromatic N) is 2. The van der Waals surface area contributed by atoms with Gasteiger partial charge in [0.1, 0.15) is 5.82 Å². The van der Waals surface area contributed by atoms with Crippen LogP contribution in [-0.4, -0.2) is 16.5 Å². The van der Waals surface area contributed by atoms with Crippen molar-refractivity contribution >= 4 is 5.82 Å². The molecule has 2 heterocycles. The van der Waals surface area contributed by atoms with E-state index in [-0.39, 0.29) is 6.04 Å². The second kappa shape index (κ2) is 5.80. The van der Waals surface area contributed by atoms with E-state index in [1.165, 1.54) is 0 Å². The third kappa shape index (κ3) is 2.90. The van der Waals surface area contributed by atoms with Gasteiger partial charge in [-0.2, -0.15) is 0 Å². The van der Waals surface area contributed by atoms with Crippen molar-refractivity contribution in [2.45, 2.75) is 26.8 Å². The first-order chi connectivity index (χ1) is 9.13. The van der Waals surface area contributed by atoms with E-state index < -0.39 is 0 Å². The van der Waals surface area contributed by atoms with Crippen LogP contribution in [0.4, 0.5) is 5.82 Å². The summed E-state index contributed by atoms with van der Waals surface area (Å²) in [6.45, 7) is 7.04. The Morgan fingerprint density at radius 2 is 2.11 bits per heavy atom. The van der Waals surface area contributed by atoms with Gasteiger partial charge in [-0.3, -0.25) is 4.98 Å². The van der Waals surface area contributed by atoms with Crippen LogP contribution < -0.4 is 11.1 Å². The van der Waals surface area contributed by atoms with Gasteiger partial charge in [-0.1, -0.05) is 19.1 Å². The molecule has 1 atom stereocenters. The lowest BCUT2D eigenvalue weighted by Gasteiger charge is -2.21. The van der Waals surface area contributed by atoms with Crippen molar-refractivity contribution in [3.05, 3.63) is 53.0 Å². The summed E-state index contributed by atoms with van der Waals surface area (Å²) in [6, 6.07) is 6.02. The first-order valence-electron chi connectivity index (χ1n) is 6.50. The first kappa shape index (κ1) is 13.5. The fourth-order valence-electron chi connectivity index (χ4n) is 2.26. The molecule has 1 unspecified atom stereocenters. The van der Waals surface area contributed by atoms with Crippen molar-refractivity contribution in [1.82, 2.24) is 15.3 Å². The molecule has 0 aliphatic heterocycles. The number of nitrogens with one attached hydrogen (secondary N) is 1. The third-order valence-corrected chi connectivity index (χ3v) is 3.12. The number of nitrogens with two attached hydrogens (primary N) is 1. The van der Waals surface area contributed by atoms with Crippen molar-refractivity contribution in [2.24, 2.45) is 0 Å². The normalized spacial score (nSPS) is 12.4. The van der Waals surface area contributed by atoms with E-state index in [1.54, 1.807) is 6.20 Å². The summed E-state index contributed by atoms with van der Waals surface area (Å²) < 4.78 is 0. The lowest BCUT2D eigenvalue weighted by molar-refractivity contribution is 0.611. The second-order valence-electron chi connectivity index (χ2n) is 4.68. The van der Waals surface area contributed by atoms with Crippen molar-refractivity contribution in [3.63, 3.8) is 0 Å². The summed E-state index contributed by atoms with van der Waals surface area (Å²) in [7, 11) is 0. The average molecular weight is 256 g/mol. The predicted molar refractivity (Wildman–Crippen MR) is 77.9 cm³/mol. The minimum Gasteiger partial charge on any atom is -0.383 e. The highest BCUT2D eigenvalue weighted by atomic mass is 15.0. The van der Waals surface area contributed by atoms with Crippen LogP contribution >= 0.6 is 0 Å². The van der Waals surface area contributed by atoms with Gasteiger partial charge in [0.05, 0.1) is 11.7 Å². The smallest absolute Gasteiger partial charge is 0.128 e. The van der Waals surface area contributed by atoms with Crippen LogP contribution in [0.5, 0.6) is 0 Å². The first-order valence-corrected chi connectivity index (χ1v) is 6.50. The van der Waals surface area contributed by atoms with Gasteiger partial charge in [0.2, 0.25) is 0 Å². The van der Waals surface area contributed by atoms with Gasteiger partial charge in [-0.25, -0.2) is 4.98 Å². The minimum absolute atomic E-state index is 0.0145. The summed E-state index contributed by atoms with van der Waals surface area (Å²) in [5.74, 6) is 0.551. The zero-order chi connectivity index (χ0) is 13.8. The number of nitrogen functional groups attached to an aromatic ring is 1. The molecule has 0 aromatic carbocycles. The lowest BCUT2D eigenvalue weighted by atomic mass is 9.99. The molecule has 19 heavy (non-hydrogen) atoms. The molecule has 0 aliphatic rings.